The van der Waals surface area contributed by atoms with Gasteiger partial charge < -0.3 is 6.74 Å². The molecule has 0 saturated carbocycles. The molecule has 5 nitrogen and oxygen atoms in total. The molecule has 0 radical (unpaired) electrons. The van der Waals surface area contributed by atoms with E-state index in [0.29, 0.717) is 0 Å². The van der Waals surface area contributed by atoms with Gasteiger partial charge in [0, 0.05) is 0 Å². The van der Waals surface area contributed by atoms with Crippen molar-refractivity contribution >= 4 is 22.1 Å². The summed E-state index contributed by atoms with van der Waals surface area (Å²) in [6.07, 6.45) is 4.60. The number of carbonyl (C=O) groups excluding carboxylic acids is 1. The largest absolute Gasteiger partial charge is 1.00 e. The number of hydrogen-bond donors (Lipinski definition) is 2. The molecular weight excluding hydrogens is 313 g/mol. The molecule has 1 rings (SSSR count). The van der Waals surface area contributed by atoms with Gasteiger partial charge in [-0.15, -0.1) is 0 Å². The third kappa shape index (κ3) is 8.51. The van der Waals surface area contributed by atoms with E-state index in [1.54, 1.807) is 19.1 Å². The molecule has 7 heteroatoms. The molecule has 0 spiro atoms. The Morgan fingerprint density at radius 2 is 2.00 bits per heavy atom. The molecule has 0 bridgehead atoms. The maximum Gasteiger partial charge on any atom is 1.00 e. The second-order valence-corrected chi connectivity index (χ2v) is 6.23. The number of rotatable bonds is 7. The Labute approximate surface area is 155 Å². The summed E-state index contributed by atoms with van der Waals surface area (Å²) in [5, 5.41) is 2.64. The van der Waals surface area contributed by atoms with Gasteiger partial charge in [0.1, 0.15) is 0 Å². The standard InChI is InChI=1S/C15H19NO4S.Na.H/c1-3-15(17)16-14(12(2)11-21(18,19)20)10-9-13-7-5-4-6-8-13;;/h3-10,12,14H,1,11H2,2H3,(H,16,17)(H,18,19,20);;/q;+1;-1. The van der Waals surface area contributed by atoms with E-state index in [0.717, 1.165) is 11.6 Å². The average molecular weight is 333 g/mol. The summed E-state index contributed by atoms with van der Waals surface area (Å²) in [7, 11) is -4.10. The molecule has 0 aromatic heterocycles. The fourth-order valence-corrected chi connectivity index (χ4v) is 2.69. The number of amides is 1. The van der Waals surface area contributed by atoms with Crippen LogP contribution in [0.15, 0.2) is 49.1 Å². The van der Waals surface area contributed by atoms with Crippen LogP contribution in [0.5, 0.6) is 0 Å². The molecule has 2 unspecified atom stereocenters. The summed E-state index contributed by atoms with van der Waals surface area (Å²) in [4.78, 5) is 11.4. The van der Waals surface area contributed by atoms with Crippen molar-refractivity contribution < 1.29 is 48.7 Å². The van der Waals surface area contributed by atoms with Crippen molar-refractivity contribution in [2.45, 2.75) is 13.0 Å². The molecule has 1 aromatic rings. The summed E-state index contributed by atoms with van der Waals surface area (Å²) in [5.41, 5.74) is 0.925. The average Bonchev–Trinajstić information content (AvgIpc) is 2.42. The van der Waals surface area contributed by atoms with E-state index < -0.39 is 33.7 Å². The minimum absolute atomic E-state index is 0. The first kappa shape index (κ1) is 21.1. The maximum absolute atomic E-state index is 11.4. The van der Waals surface area contributed by atoms with E-state index in [9.17, 15) is 13.2 Å². The van der Waals surface area contributed by atoms with E-state index in [2.05, 4.69) is 11.9 Å². The summed E-state index contributed by atoms with van der Waals surface area (Å²) in [6.45, 7) is 5.00. The molecule has 0 heterocycles. The van der Waals surface area contributed by atoms with E-state index in [4.69, 9.17) is 4.55 Å². The smallest absolute Gasteiger partial charge is 1.00 e. The Bertz CT molecular complexity index is 620. The van der Waals surface area contributed by atoms with Crippen LogP contribution in [0.2, 0.25) is 0 Å². The van der Waals surface area contributed by atoms with Crippen LogP contribution in [0.25, 0.3) is 6.08 Å². The molecule has 22 heavy (non-hydrogen) atoms. The summed E-state index contributed by atoms with van der Waals surface area (Å²) >= 11 is 0. The molecule has 116 valence electrons. The van der Waals surface area contributed by atoms with Crippen molar-refractivity contribution in [3.63, 3.8) is 0 Å². The summed E-state index contributed by atoms with van der Waals surface area (Å²) < 4.78 is 30.9. The normalized spacial score (nSPS) is 13.9. The zero-order valence-electron chi connectivity index (χ0n) is 13.8. The Morgan fingerprint density at radius 1 is 1.41 bits per heavy atom. The van der Waals surface area contributed by atoms with Crippen LogP contribution in [-0.4, -0.2) is 30.7 Å². The second kappa shape index (κ2) is 9.97. The van der Waals surface area contributed by atoms with Crippen LogP contribution in [0.4, 0.5) is 0 Å². The zero-order chi connectivity index (χ0) is 15.9. The van der Waals surface area contributed by atoms with Crippen LogP contribution < -0.4 is 34.9 Å². The van der Waals surface area contributed by atoms with Crippen LogP contribution in [-0.2, 0) is 14.9 Å². The van der Waals surface area contributed by atoms with E-state index in [1.165, 1.54) is 0 Å². The van der Waals surface area contributed by atoms with Gasteiger partial charge in [-0.1, -0.05) is 56.0 Å². The third-order valence-electron chi connectivity index (χ3n) is 2.88. The van der Waals surface area contributed by atoms with Crippen molar-refractivity contribution in [1.82, 2.24) is 5.32 Å². The number of carbonyl (C=O) groups is 1. The van der Waals surface area contributed by atoms with Crippen molar-refractivity contribution in [2.24, 2.45) is 5.92 Å². The number of hydrogen-bond acceptors (Lipinski definition) is 3. The van der Waals surface area contributed by atoms with Gasteiger partial charge in [-0.05, 0) is 17.6 Å². The summed E-state index contributed by atoms with van der Waals surface area (Å²) in [6, 6.07) is 8.87. The minimum Gasteiger partial charge on any atom is -1.00 e. The predicted octanol–water partition coefficient (Wildman–Crippen LogP) is -0.989. The van der Waals surface area contributed by atoms with Gasteiger partial charge in [0.15, 0.2) is 0 Å². The first-order valence-corrected chi connectivity index (χ1v) is 8.04. The monoisotopic (exact) mass is 333 g/mol. The van der Waals surface area contributed by atoms with Crippen LogP contribution in [0.1, 0.15) is 13.9 Å². The fraction of sp³-hybridized carbons (Fsp3) is 0.267. The van der Waals surface area contributed by atoms with Crippen molar-refractivity contribution in [3.05, 3.63) is 54.6 Å². The topological polar surface area (TPSA) is 83.5 Å². The van der Waals surface area contributed by atoms with E-state index in [1.807, 2.05) is 30.3 Å². The second-order valence-electron chi connectivity index (χ2n) is 4.73. The van der Waals surface area contributed by atoms with Gasteiger partial charge >= 0.3 is 29.6 Å². The molecule has 1 amide bonds. The number of benzene rings is 1. The van der Waals surface area contributed by atoms with Gasteiger partial charge in [0.25, 0.3) is 10.1 Å². The third-order valence-corrected chi connectivity index (χ3v) is 3.82. The van der Waals surface area contributed by atoms with Gasteiger partial charge in [-0.25, -0.2) is 0 Å². The van der Waals surface area contributed by atoms with Gasteiger partial charge in [0.2, 0.25) is 5.91 Å². The first-order valence-electron chi connectivity index (χ1n) is 6.43. The van der Waals surface area contributed by atoms with E-state index >= 15 is 0 Å². The van der Waals surface area contributed by atoms with Crippen LogP contribution in [0, 0.1) is 5.92 Å². The molecular formula is C15H20NNaO4S. The first-order chi connectivity index (χ1) is 9.81. The molecule has 2 atom stereocenters. The zero-order valence-corrected chi connectivity index (χ0v) is 15.6. The maximum atomic E-state index is 11.4. The minimum atomic E-state index is -4.10. The molecule has 0 fully saturated rings. The summed E-state index contributed by atoms with van der Waals surface area (Å²) in [5.74, 6) is -1.32. The SMILES string of the molecule is C=CC(=O)NC(C=Cc1ccccc1)C(C)CS(=O)(=O)O.[H-].[Na+]. The fourth-order valence-electron chi connectivity index (χ4n) is 1.82. The van der Waals surface area contributed by atoms with E-state index in [-0.39, 0.29) is 31.0 Å². The Balaban J connectivity index is 0. The Morgan fingerprint density at radius 3 is 2.50 bits per heavy atom. The van der Waals surface area contributed by atoms with Crippen LogP contribution in [0.3, 0.4) is 0 Å². The molecule has 0 saturated heterocycles. The molecule has 2 N–H and O–H groups in total. The van der Waals surface area contributed by atoms with Crippen molar-refractivity contribution in [3.8, 4) is 0 Å². The van der Waals surface area contributed by atoms with Gasteiger partial charge in [-0.2, -0.15) is 8.42 Å². The molecule has 0 aliphatic carbocycles. The molecule has 0 aliphatic heterocycles. The van der Waals surface area contributed by atoms with Gasteiger partial charge in [-0.3, -0.25) is 9.35 Å². The van der Waals surface area contributed by atoms with Gasteiger partial charge in [0.05, 0.1) is 11.8 Å². The Kier molecular flexibility index (Phi) is 9.55. The molecule has 1 aromatic carbocycles. The van der Waals surface area contributed by atoms with Crippen molar-refractivity contribution in [1.29, 1.82) is 0 Å². The van der Waals surface area contributed by atoms with Crippen LogP contribution >= 0.6 is 0 Å². The Hall–Kier alpha value is -0.920. The quantitative estimate of drug-likeness (QED) is 0.381. The molecule has 0 aliphatic rings. The van der Waals surface area contributed by atoms with Crippen molar-refractivity contribution in [2.75, 3.05) is 5.75 Å². The predicted molar refractivity (Wildman–Crippen MR) is 84.3 cm³/mol. The number of nitrogens with one attached hydrogen (secondary N) is 1.